The van der Waals surface area contributed by atoms with Gasteiger partial charge >= 0.3 is 5.97 Å². The van der Waals surface area contributed by atoms with E-state index in [4.69, 9.17) is 11.6 Å². The van der Waals surface area contributed by atoms with Gasteiger partial charge in [-0.3, -0.25) is 14.3 Å². The normalized spacial score (nSPS) is 14.2. The molecule has 5 aromatic rings. The van der Waals surface area contributed by atoms with Gasteiger partial charge in [-0.1, -0.05) is 29.8 Å². The molecule has 2 amide bonds. The monoisotopic (exact) mass is 671 g/mol. The summed E-state index contributed by atoms with van der Waals surface area (Å²) in [5.41, 5.74) is 3.18. The van der Waals surface area contributed by atoms with E-state index in [1.165, 1.54) is 46.3 Å². The first-order valence-electron chi connectivity index (χ1n) is 14.7. The number of benzene rings is 2. The van der Waals surface area contributed by atoms with Crippen LogP contribution in [0.2, 0.25) is 5.02 Å². The molecule has 0 aliphatic carbocycles. The molecule has 0 fully saturated rings. The number of aryl methyl sites for hydroxylation is 1. The smallest absolute Gasteiger partial charge is 0.337 e. The van der Waals surface area contributed by atoms with Crippen LogP contribution >= 0.6 is 11.6 Å². The quantitative estimate of drug-likeness (QED) is 0.186. The second-order valence-electron chi connectivity index (χ2n) is 10.7. The number of rotatable bonds is 10. The van der Waals surface area contributed by atoms with Crippen molar-refractivity contribution in [3.05, 3.63) is 107 Å². The number of carboxylic acid groups (broad SMARTS) is 1. The highest BCUT2D eigenvalue weighted by atomic mass is 35.5. The van der Waals surface area contributed by atoms with Gasteiger partial charge in [0.25, 0.3) is 5.91 Å². The lowest BCUT2D eigenvalue weighted by atomic mass is 9.86. The van der Waals surface area contributed by atoms with Gasteiger partial charge < -0.3 is 20.4 Å². The first-order chi connectivity index (χ1) is 23.2. The number of carbonyl (C=O) groups excluding carboxylic acids is 2. The third kappa shape index (κ3) is 6.54. The van der Waals surface area contributed by atoms with Crippen LogP contribution in [0.15, 0.2) is 73.5 Å². The fourth-order valence-electron chi connectivity index (χ4n) is 5.54. The molecule has 14 nitrogen and oxygen atoms in total. The number of pyridine rings is 1. The second kappa shape index (κ2) is 13.9. The van der Waals surface area contributed by atoms with Crippen LogP contribution in [-0.4, -0.2) is 81.0 Å². The van der Waals surface area contributed by atoms with Crippen molar-refractivity contribution in [3.8, 4) is 16.8 Å². The van der Waals surface area contributed by atoms with E-state index in [1.54, 1.807) is 23.0 Å². The molecule has 4 heterocycles. The fourth-order valence-corrected chi connectivity index (χ4v) is 5.71. The summed E-state index contributed by atoms with van der Waals surface area (Å²) in [6.45, 7) is 0.691. The van der Waals surface area contributed by atoms with Crippen molar-refractivity contribution in [2.75, 3.05) is 18.5 Å². The zero-order valence-corrected chi connectivity index (χ0v) is 25.8. The highest BCUT2D eigenvalue weighted by Gasteiger charge is 2.36. The van der Waals surface area contributed by atoms with Gasteiger partial charge in [-0.05, 0) is 70.3 Å². The molecule has 0 spiro atoms. The lowest BCUT2D eigenvalue weighted by Crippen LogP contribution is -2.45. The van der Waals surface area contributed by atoms with Crippen LogP contribution in [0, 0.1) is 5.82 Å². The minimum Gasteiger partial charge on any atom is -0.478 e. The van der Waals surface area contributed by atoms with E-state index in [9.17, 15) is 24.6 Å². The average Bonchev–Trinajstić information content (AvgIpc) is 3.80. The van der Waals surface area contributed by atoms with Gasteiger partial charge in [0.05, 0.1) is 22.5 Å². The maximum absolute atomic E-state index is 15.2. The number of aliphatic hydroxyl groups excluding tert-OH is 1. The molecule has 2 aromatic carbocycles. The molecule has 0 saturated carbocycles. The summed E-state index contributed by atoms with van der Waals surface area (Å²) in [7, 11) is 0. The van der Waals surface area contributed by atoms with Crippen LogP contribution in [0.25, 0.3) is 22.9 Å². The van der Waals surface area contributed by atoms with Crippen LogP contribution in [0.1, 0.15) is 39.5 Å². The van der Waals surface area contributed by atoms with E-state index in [0.29, 0.717) is 24.9 Å². The van der Waals surface area contributed by atoms with Gasteiger partial charge in [0.2, 0.25) is 5.91 Å². The largest absolute Gasteiger partial charge is 0.478 e. The van der Waals surface area contributed by atoms with E-state index in [0.717, 1.165) is 29.0 Å². The molecule has 1 unspecified atom stereocenters. The highest BCUT2D eigenvalue weighted by molar-refractivity contribution is 6.31. The van der Waals surface area contributed by atoms with Gasteiger partial charge in [-0.25, -0.2) is 14.2 Å². The van der Waals surface area contributed by atoms with E-state index in [-0.39, 0.29) is 40.8 Å². The predicted octanol–water partition coefficient (Wildman–Crippen LogP) is 3.57. The number of aromatic nitrogens is 7. The summed E-state index contributed by atoms with van der Waals surface area (Å²) in [6, 6.07) is 9.83. The number of nitrogens with one attached hydrogen (secondary N) is 1. The molecule has 0 bridgehead atoms. The lowest BCUT2D eigenvalue weighted by molar-refractivity contribution is -0.135. The van der Waals surface area contributed by atoms with Crippen molar-refractivity contribution in [1.29, 1.82) is 0 Å². The number of carbonyl (C=O) groups is 3. The molecule has 0 saturated heterocycles. The van der Waals surface area contributed by atoms with Crippen molar-refractivity contribution >= 4 is 41.3 Å². The number of halogens is 2. The van der Waals surface area contributed by atoms with Crippen LogP contribution < -0.4 is 5.32 Å². The van der Waals surface area contributed by atoms with Crippen LogP contribution in [0.4, 0.5) is 10.2 Å². The summed E-state index contributed by atoms with van der Waals surface area (Å²) < 4.78 is 18.2. The minimum absolute atomic E-state index is 0.0296. The lowest BCUT2D eigenvalue weighted by Gasteiger charge is -2.36. The number of aromatic carboxylic acids is 1. The van der Waals surface area contributed by atoms with E-state index >= 15 is 4.39 Å². The van der Waals surface area contributed by atoms with Crippen molar-refractivity contribution < 1.29 is 29.0 Å². The molecule has 3 aromatic heterocycles. The molecule has 48 heavy (non-hydrogen) atoms. The number of fused-ring (bicyclic) bond motifs is 1. The van der Waals surface area contributed by atoms with E-state index in [1.807, 2.05) is 12.3 Å². The number of carboxylic acids is 1. The molecule has 0 radical (unpaired) electrons. The van der Waals surface area contributed by atoms with Crippen LogP contribution in [0.3, 0.4) is 0 Å². The zero-order valence-electron chi connectivity index (χ0n) is 25.1. The summed E-state index contributed by atoms with van der Waals surface area (Å²) in [5, 5.41) is 36.3. The Hall–Kier alpha value is -5.80. The molecule has 1 aliphatic heterocycles. The average molecular weight is 672 g/mol. The number of hydrogen-bond acceptors (Lipinski definition) is 9. The molecule has 16 heteroatoms. The van der Waals surface area contributed by atoms with Crippen molar-refractivity contribution in [1.82, 2.24) is 39.9 Å². The third-order valence-corrected chi connectivity index (χ3v) is 8.09. The van der Waals surface area contributed by atoms with E-state index < -0.39 is 29.6 Å². The SMILES string of the molecule is O=C(O)c1ccc(NC(=O)C2c3cccc(-c4cnn(CCCO)c4)c3CCN2C(=O)/C=C/c2c(-n3cnnn3)ccc(Cl)c2F)nc1. The van der Waals surface area contributed by atoms with Crippen LogP contribution in [0.5, 0.6) is 0 Å². The first-order valence-corrected chi connectivity index (χ1v) is 15.1. The van der Waals surface area contributed by atoms with Gasteiger partial charge in [-0.15, -0.1) is 5.10 Å². The van der Waals surface area contributed by atoms with Crippen molar-refractivity contribution in [2.45, 2.75) is 25.4 Å². The van der Waals surface area contributed by atoms with Crippen molar-refractivity contribution in [3.63, 3.8) is 0 Å². The summed E-state index contributed by atoms with van der Waals surface area (Å²) in [6.07, 6.45) is 9.30. The van der Waals surface area contributed by atoms with Gasteiger partial charge in [0.1, 0.15) is 18.2 Å². The first kappa shape index (κ1) is 32.2. The van der Waals surface area contributed by atoms with Gasteiger partial charge in [0, 0.05) is 49.3 Å². The van der Waals surface area contributed by atoms with E-state index in [2.05, 4.69) is 30.9 Å². The molecule has 244 valence electrons. The number of anilines is 1. The second-order valence-corrected chi connectivity index (χ2v) is 11.1. The Morgan fingerprint density at radius 1 is 1.12 bits per heavy atom. The number of aliphatic hydroxyl groups is 1. The Morgan fingerprint density at radius 2 is 1.98 bits per heavy atom. The zero-order chi connectivity index (χ0) is 33.8. The predicted molar refractivity (Wildman–Crippen MR) is 171 cm³/mol. The maximum Gasteiger partial charge on any atom is 0.337 e. The highest BCUT2D eigenvalue weighted by Crippen LogP contribution is 2.37. The van der Waals surface area contributed by atoms with Crippen LogP contribution in [-0.2, 0) is 22.6 Å². The Bertz CT molecular complexity index is 2010. The molecule has 1 atom stereocenters. The minimum atomic E-state index is -1.17. The van der Waals surface area contributed by atoms with Gasteiger partial charge in [0.15, 0.2) is 5.82 Å². The molecular weight excluding hydrogens is 645 g/mol. The molecule has 3 N–H and O–H groups in total. The standard InChI is InChI=1S/C32H27ClFN9O5/c33-25-7-8-26(43-18-36-39-40-43)24(29(25)34)6-10-28(45)42-13-11-22-21(20-16-37-41(17-20)12-2-14-44)3-1-4-23(22)30(42)31(46)38-27-9-5-19(15-35-27)32(47)48/h1,3-10,15-18,30,44H,2,11-14H2,(H,47,48)(H,35,38,46)/b10-6+. The maximum atomic E-state index is 15.2. The molecule has 1 aliphatic rings. The third-order valence-electron chi connectivity index (χ3n) is 7.80. The number of nitrogens with zero attached hydrogens (tertiary/aromatic N) is 8. The topological polar surface area (TPSA) is 181 Å². The Morgan fingerprint density at radius 3 is 2.71 bits per heavy atom. The van der Waals surface area contributed by atoms with Gasteiger partial charge in [-0.2, -0.15) is 9.78 Å². The number of amides is 2. The summed E-state index contributed by atoms with van der Waals surface area (Å²) >= 11 is 6.05. The van der Waals surface area contributed by atoms with Crippen molar-refractivity contribution in [2.24, 2.45) is 0 Å². The fraction of sp³-hybridized carbons (Fsp3) is 0.188. The number of tetrazole rings is 1. The molecule has 6 rings (SSSR count). The Balaban J connectivity index is 1.37. The Labute approximate surface area is 277 Å². The Kier molecular flexibility index (Phi) is 9.31. The summed E-state index contributed by atoms with van der Waals surface area (Å²) in [5.74, 6) is -3.04. The molecular formula is C32H27ClFN9O5. The summed E-state index contributed by atoms with van der Waals surface area (Å²) in [4.78, 5) is 44.6. The number of hydrogen-bond donors (Lipinski definition) is 3.